The number of rotatable bonds is 5. The molecule has 84 valence electrons. The van der Waals surface area contributed by atoms with Gasteiger partial charge < -0.3 is 10.1 Å². The van der Waals surface area contributed by atoms with Crippen molar-refractivity contribution in [3.63, 3.8) is 0 Å². The quantitative estimate of drug-likeness (QED) is 0.780. The van der Waals surface area contributed by atoms with Gasteiger partial charge in [0.25, 0.3) is 0 Å². The third kappa shape index (κ3) is 3.70. The highest BCUT2D eigenvalue weighted by molar-refractivity contribution is 6.31. The van der Waals surface area contributed by atoms with E-state index >= 15 is 0 Å². The fourth-order valence-electron chi connectivity index (χ4n) is 1.40. The van der Waals surface area contributed by atoms with E-state index in [9.17, 15) is 0 Å². The van der Waals surface area contributed by atoms with Crippen LogP contribution in [0.25, 0.3) is 0 Å². The van der Waals surface area contributed by atoms with E-state index in [1.807, 2.05) is 32.3 Å². The number of methoxy groups -OCH3 is 1. The van der Waals surface area contributed by atoms with Crippen molar-refractivity contribution in [1.82, 2.24) is 10.2 Å². The second-order valence-electron chi connectivity index (χ2n) is 3.48. The third-order valence-electron chi connectivity index (χ3n) is 2.13. The van der Waals surface area contributed by atoms with Gasteiger partial charge in [-0.2, -0.15) is 0 Å². The average molecular weight is 229 g/mol. The van der Waals surface area contributed by atoms with Gasteiger partial charge in [0.1, 0.15) is 5.75 Å². The Kier molecular flexibility index (Phi) is 4.88. The normalized spacial score (nSPS) is 10.7. The largest absolute Gasteiger partial charge is 0.497 e. The maximum Gasteiger partial charge on any atom is 0.120 e. The second kappa shape index (κ2) is 5.95. The molecule has 0 aliphatic carbocycles. The minimum Gasteiger partial charge on any atom is -0.497 e. The molecular formula is C11H17ClN2O. The van der Waals surface area contributed by atoms with E-state index in [2.05, 4.69) is 10.2 Å². The predicted octanol–water partition coefficient (Wildman–Crippen LogP) is 1.96. The van der Waals surface area contributed by atoms with Crippen molar-refractivity contribution in [3.8, 4) is 5.75 Å². The molecule has 0 bridgehead atoms. The van der Waals surface area contributed by atoms with Crippen LogP contribution in [-0.4, -0.2) is 32.8 Å². The molecule has 3 nitrogen and oxygen atoms in total. The molecule has 0 aliphatic heterocycles. The van der Waals surface area contributed by atoms with Crippen LogP contribution in [0.2, 0.25) is 5.02 Å². The van der Waals surface area contributed by atoms with Crippen LogP contribution in [0.3, 0.4) is 0 Å². The smallest absolute Gasteiger partial charge is 0.120 e. The van der Waals surface area contributed by atoms with Gasteiger partial charge in [0.05, 0.1) is 7.11 Å². The Labute approximate surface area is 96.0 Å². The average Bonchev–Trinajstić information content (AvgIpc) is 2.21. The van der Waals surface area contributed by atoms with Crippen molar-refractivity contribution in [2.75, 3.05) is 27.9 Å². The molecule has 0 spiro atoms. The molecule has 0 fully saturated rings. The van der Waals surface area contributed by atoms with Crippen LogP contribution >= 0.6 is 11.6 Å². The van der Waals surface area contributed by atoms with Gasteiger partial charge in [-0.1, -0.05) is 17.7 Å². The molecule has 0 aliphatic rings. The maximum atomic E-state index is 6.13. The molecule has 1 aromatic rings. The standard InChI is InChI=1S/C11H17ClN2O/c1-13-8-14(2)7-9-4-5-10(15-3)6-11(9)12/h4-6,13H,7-8H2,1-3H3. The van der Waals surface area contributed by atoms with Crippen molar-refractivity contribution in [2.45, 2.75) is 6.54 Å². The van der Waals surface area contributed by atoms with Crippen LogP contribution in [0.5, 0.6) is 5.75 Å². The molecule has 1 N–H and O–H groups in total. The first-order chi connectivity index (χ1) is 7.17. The summed E-state index contributed by atoms with van der Waals surface area (Å²) in [5, 5.41) is 3.84. The first-order valence-electron chi connectivity index (χ1n) is 4.83. The van der Waals surface area contributed by atoms with Gasteiger partial charge >= 0.3 is 0 Å². The predicted molar refractivity (Wildman–Crippen MR) is 63.4 cm³/mol. The zero-order valence-corrected chi connectivity index (χ0v) is 10.1. The topological polar surface area (TPSA) is 24.5 Å². The lowest BCUT2D eigenvalue weighted by Crippen LogP contribution is -2.28. The zero-order chi connectivity index (χ0) is 11.3. The van der Waals surface area contributed by atoms with Crippen molar-refractivity contribution in [1.29, 1.82) is 0 Å². The molecule has 0 unspecified atom stereocenters. The minimum atomic E-state index is 0.748. The number of ether oxygens (including phenoxy) is 1. The maximum absolute atomic E-state index is 6.13. The molecule has 0 radical (unpaired) electrons. The van der Waals surface area contributed by atoms with E-state index in [1.165, 1.54) is 0 Å². The van der Waals surface area contributed by atoms with Crippen LogP contribution in [0.1, 0.15) is 5.56 Å². The monoisotopic (exact) mass is 228 g/mol. The Balaban J connectivity index is 2.69. The highest BCUT2D eigenvalue weighted by Crippen LogP contribution is 2.23. The lowest BCUT2D eigenvalue weighted by molar-refractivity contribution is 0.310. The number of halogens is 1. The van der Waals surface area contributed by atoms with E-state index in [0.717, 1.165) is 29.5 Å². The Morgan fingerprint density at radius 1 is 1.47 bits per heavy atom. The molecule has 1 rings (SSSR count). The second-order valence-corrected chi connectivity index (χ2v) is 3.89. The van der Waals surface area contributed by atoms with Gasteiger partial charge in [0, 0.05) is 18.2 Å². The summed E-state index contributed by atoms with van der Waals surface area (Å²) in [7, 11) is 5.60. The van der Waals surface area contributed by atoms with E-state index in [4.69, 9.17) is 16.3 Å². The van der Waals surface area contributed by atoms with E-state index in [0.29, 0.717) is 0 Å². The van der Waals surface area contributed by atoms with Crippen LogP contribution in [0.4, 0.5) is 0 Å². The van der Waals surface area contributed by atoms with Gasteiger partial charge in [0.2, 0.25) is 0 Å². The van der Waals surface area contributed by atoms with Crippen LogP contribution < -0.4 is 10.1 Å². The molecule has 0 saturated carbocycles. The Bertz CT molecular complexity index is 317. The SMILES string of the molecule is CNCN(C)Cc1ccc(OC)cc1Cl. The molecular weight excluding hydrogens is 212 g/mol. The number of hydrogen-bond acceptors (Lipinski definition) is 3. The molecule has 15 heavy (non-hydrogen) atoms. The van der Waals surface area contributed by atoms with E-state index in [-0.39, 0.29) is 0 Å². The molecule has 1 aromatic carbocycles. The Hall–Kier alpha value is -0.770. The van der Waals surface area contributed by atoms with Crippen molar-refractivity contribution < 1.29 is 4.74 Å². The van der Waals surface area contributed by atoms with Crippen LogP contribution in [0.15, 0.2) is 18.2 Å². The van der Waals surface area contributed by atoms with Gasteiger partial charge in [-0.05, 0) is 31.8 Å². The summed E-state index contributed by atoms with van der Waals surface area (Å²) >= 11 is 6.13. The first-order valence-corrected chi connectivity index (χ1v) is 5.20. The summed E-state index contributed by atoms with van der Waals surface area (Å²) in [5.41, 5.74) is 1.11. The summed E-state index contributed by atoms with van der Waals surface area (Å²) < 4.78 is 5.09. The molecule has 0 atom stereocenters. The lowest BCUT2D eigenvalue weighted by atomic mass is 10.2. The number of hydrogen-bond donors (Lipinski definition) is 1. The van der Waals surface area contributed by atoms with Crippen molar-refractivity contribution in [2.24, 2.45) is 0 Å². The van der Waals surface area contributed by atoms with Gasteiger partial charge in [-0.3, -0.25) is 4.90 Å². The fourth-order valence-corrected chi connectivity index (χ4v) is 1.63. The van der Waals surface area contributed by atoms with Gasteiger partial charge in [0.15, 0.2) is 0 Å². The minimum absolute atomic E-state index is 0.748. The Morgan fingerprint density at radius 3 is 2.73 bits per heavy atom. The van der Waals surface area contributed by atoms with Gasteiger partial charge in [-0.25, -0.2) is 0 Å². The molecule has 0 aromatic heterocycles. The van der Waals surface area contributed by atoms with Crippen LogP contribution in [-0.2, 0) is 6.54 Å². The number of benzene rings is 1. The fraction of sp³-hybridized carbons (Fsp3) is 0.455. The number of nitrogens with one attached hydrogen (secondary N) is 1. The van der Waals surface area contributed by atoms with Gasteiger partial charge in [-0.15, -0.1) is 0 Å². The van der Waals surface area contributed by atoms with Crippen molar-refractivity contribution in [3.05, 3.63) is 28.8 Å². The first kappa shape index (κ1) is 12.3. The molecule has 0 saturated heterocycles. The summed E-state index contributed by atoms with van der Waals surface area (Å²) in [6.45, 7) is 1.66. The molecule has 0 heterocycles. The van der Waals surface area contributed by atoms with E-state index in [1.54, 1.807) is 7.11 Å². The highest BCUT2D eigenvalue weighted by atomic mass is 35.5. The summed E-state index contributed by atoms with van der Waals surface area (Å²) in [4.78, 5) is 2.15. The Morgan fingerprint density at radius 2 is 2.20 bits per heavy atom. The zero-order valence-electron chi connectivity index (χ0n) is 9.38. The molecule has 0 amide bonds. The van der Waals surface area contributed by atoms with E-state index < -0.39 is 0 Å². The molecule has 4 heteroatoms. The van der Waals surface area contributed by atoms with Crippen LogP contribution in [0, 0.1) is 0 Å². The summed E-state index contributed by atoms with van der Waals surface area (Å²) in [6, 6.07) is 5.76. The lowest BCUT2D eigenvalue weighted by Gasteiger charge is -2.17. The summed E-state index contributed by atoms with van der Waals surface area (Å²) in [5.74, 6) is 0.792. The highest BCUT2D eigenvalue weighted by Gasteiger charge is 2.04. The third-order valence-corrected chi connectivity index (χ3v) is 2.48. The van der Waals surface area contributed by atoms with Crippen molar-refractivity contribution >= 4 is 11.6 Å². The number of nitrogens with zero attached hydrogens (tertiary/aromatic N) is 1. The summed E-state index contributed by atoms with van der Waals surface area (Å²) in [6.07, 6.45) is 0.